The zero-order valence-corrected chi connectivity index (χ0v) is 17.2. The molecule has 0 saturated carbocycles. The lowest BCUT2D eigenvalue weighted by molar-refractivity contribution is 0.230. The summed E-state index contributed by atoms with van der Waals surface area (Å²) in [5.74, 6) is 1.53. The van der Waals surface area contributed by atoms with Gasteiger partial charge in [-0.25, -0.2) is 0 Å². The Labute approximate surface area is 161 Å². The van der Waals surface area contributed by atoms with Gasteiger partial charge in [0.25, 0.3) is 0 Å². The van der Waals surface area contributed by atoms with Crippen LogP contribution in [-0.4, -0.2) is 23.0 Å². The van der Waals surface area contributed by atoms with Gasteiger partial charge in [-0.15, -0.1) is 0 Å². The van der Waals surface area contributed by atoms with Crippen molar-refractivity contribution in [2.45, 2.75) is 46.6 Å². The quantitative estimate of drug-likeness (QED) is 0.757. The number of allylic oxidation sites excluding steroid dienone is 2. The van der Waals surface area contributed by atoms with Crippen molar-refractivity contribution < 1.29 is 9.47 Å². The Morgan fingerprint density at radius 3 is 2.56 bits per heavy atom. The van der Waals surface area contributed by atoms with E-state index < -0.39 is 0 Å². The standard InChI is InChI=1S/C22H29N3O2/c1-8-19(18-13-24(6)23-16(18)5)25-15(4)9-10-17-11-21(26-7)22(12-20(17)25)27-14(2)3/h8,11-14H,4,9-10H2,1-3,5-7H3. The van der Waals surface area contributed by atoms with Crippen LogP contribution in [0.5, 0.6) is 11.5 Å². The second-order valence-corrected chi connectivity index (χ2v) is 7.18. The normalized spacial score (nSPS) is 14.6. The molecule has 1 aromatic heterocycles. The number of ether oxygens (including phenoxy) is 2. The maximum Gasteiger partial charge on any atom is 0.163 e. The molecule has 0 N–H and O–H groups in total. The molecule has 27 heavy (non-hydrogen) atoms. The highest BCUT2D eigenvalue weighted by atomic mass is 16.5. The maximum atomic E-state index is 6.02. The van der Waals surface area contributed by atoms with Gasteiger partial charge in [0.2, 0.25) is 0 Å². The van der Waals surface area contributed by atoms with Crippen molar-refractivity contribution in [1.29, 1.82) is 0 Å². The third-order valence-electron chi connectivity index (χ3n) is 4.77. The Balaban J connectivity index is 2.15. The number of anilines is 1. The van der Waals surface area contributed by atoms with Gasteiger partial charge in [-0.1, -0.05) is 12.7 Å². The maximum absolute atomic E-state index is 6.02. The van der Waals surface area contributed by atoms with Crippen LogP contribution in [0.2, 0.25) is 0 Å². The molecular weight excluding hydrogens is 338 g/mol. The number of aromatic nitrogens is 2. The van der Waals surface area contributed by atoms with Crippen molar-refractivity contribution >= 4 is 11.4 Å². The summed E-state index contributed by atoms with van der Waals surface area (Å²) in [6.45, 7) is 12.5. The number of benzene rings is 1. The first-order valence-corrected chi connectivity index (χ1v) is 9.38. The van der Waals surface area contributed by atoms with E-state index in [2.05, 4.69) is 47.9 Å². The fourth-order valence-corrected chi connectivity index (χ4v) is 3.62. The predicted octanol–water partition coefficient (Wildman–Crippen LogP) is 4.85. The summed E-state index contributed by atoms with van der Waals surface area (Å²) in [5, 5.41) is 4.51. The number of hydrogen-bond donors (Lipinski definition) is 0. The van der Waals surface area contributed by atoms with Crippen LogP contribution < -0.4 is 14.4 Å². The Morgan fingerprint density at radius 1 is 1.26 bits per heavy atom. The van der Waals surface area contributed by atoms with Crippen LogP contribution in [0, 0.1) is 6.92 Å². The van der Waals surface area contributed by atoms with E-state index in [9.17, 15) is 0 Å². The molecule has 0 aliphatic carbocycles. The molecule has 1 aliphatic heterocycles. The number of nitrogens with zero attached hydrogens (tertiary/aromatic N) is 3. The van der Waals surface area contributed by atoms with Crippen molar-refractivity contribution in [2.75, 3.05) is 12.0 Å². The molecule has 0 saturated heterocycles. The van der Waals surface area contributed by atoms with E-state index in [0.717, 1.165) is 52.7 Å². The van der Waals surface area contributed by atoms with Gasteiger partial charge in [0.15, 0.2) is 11.5 Å². The van der Waals surface area contributed by atoms with Crippen molar-refractivity contribution in [3.05, 3.63) is 53.5 Å². The molecule has 2 aromatic rings. The molecule has 0 bridgehead atoms. The van der Waals surface area contributed by atoms with Crippen LogP contribution in [-0.2, 0) is 13.5 Å². The van der Waals surface area contributed by atoms with Crippen LogP contribution in [0.15, 0.2) is 36.7 Å². The van der Waals surface area contributed by atoms with E-state index >= 15 is 0 Å². The number of rotatable bonds is 5. The zero-order valence-electron chi connectivity index (χ0n) is 17.2. The van der Waals surface area contributed by atoms with Gasteiger partial charge < -0.3 is 14.4 Å². The molecule has 0 radical (unpaired) electrons. The Bertz CT molecular complexity index is 893. The molecule has 1 aliphatic rings. The molecule has 0 atom stereocenters. The topological polar surface area (TPSA) is 39.5 Å². The SMILES string of the molecule is C=C1CCc2cc(OC)c(OC(C)C)cc2N1C(=CC)c1cn(C)nc1C. The lowest BCUT2D eigenvalue weighted by Crippen LogP contribution is -2.26. The van der Waals surface area contributed by atoms with Crippen molar-refractivity contribution in [3.8, 4) is 11.5 Å². The second-order valence-electron chi connectivity index (χ2n) is 7.18. The van der Waals surface area contributed by atoms with Gasteiger partial charge in [-0.05, 0) is 52.2 Å². The largest absolute Gasteiger partial charge is 0.493 e. The van der Waals surface area contributed by atoms with Crippen molar-refractivity contribution in [1.82, 2.24) is 9.78 Å². The lowest BCUT2D eigenvalue weighted by atomic mass is 9.96. The minimum absolute atomic E-state index is 0.0685. The summed E-state index contributed by atoms with van der Waals surface area (Å²) in [6.07, 6.45) is 6.08. The minimum Gasteiger partial charge on any atom is -0.493 e. The van der Waals surface area contributed by atoms with Gasteiger partial charge >= 0.3 is 0 Å². The van der Waals surface area contributed by atoms with Crippen molar-refractivity contribution in [2.24, 2.45) is 7.05 Å². The highest BCUT2D eigenvalue weighted by molar-refractivity contribution is 5.86. The molecule has 0 fully saturated rings. The molecule has 0 amide bonds. The van der Waals surface area contributed by atoms with Gasteiger partial charge in [0.1, 0.15) is 0 Å². The van der Waals surface area contributed by atoms with E-state index in [1.54, 1.807) is 7.11 Å². The fraction of sp³-hybridized carbons (Fsp3) is 0.409. The van der Waals surface area contributed by atoms with Crippen molar-refractivity contribution in [3.63, 3.8) is 0 Å². The smallest absolute Gasteiger partial charge is 0.163 e. The summed E-state index contributed by atoms with van der Waals surface area (Å²) in [7, 11) is 3.63. The van der Waals surface area contributed by atoms with E-state index in [1.807, 2.05) is 32.5 Å². The summed E-state index contributed by atoms with van der Waals surface area (Å²) >= 11 is 0. The fourth-order valence-electron chi connectivity index (χ4n) is 3.62. The van der Waals surface area contributed by atoms with Gasteiger partial charge in [-0.3, -0.25) is 4.68 Å². The van der Waals surface area contributed by atoms with Crippen LogP contribution >= 0.6 is 0 Å². The van der Waals surface area contributed by atoms with Gasteiger partial charge in [-0.2, -0.15) is 5.10 Å². The zero-order chi connectivity index (χ0) is 19.7. The number of hydrogen-bond acceptors (Lipinski definition) is 4. The molecule has 0 unspecified atom stereocenters. The summed E-state index contributed by atoms with van der Waals surface area (Å²) in [5.41, 5.74) is 6.59. The third kappa shape index (κ3) is 3.59. The first kappa shape index (κ1) is 19.1. The average Bonchev–Trinajstić information content (AvgIpc) is 2.94. The monoisotopic (exact) mass is 367 g/mol. The van der Waals surface area contributed by atoms with Crippen LogP contribution in [0.1, 0.15) is 44.0 Å². The Morgan fingerprint density at radius 2 is 2.00 bits per heavy atom. The first-order valence-electron chi connectivity index (χ1n) is 9.38. The molecule has 0 spiro atoms. The predicted molar refractivity (Wildman–Crippen MR) is 110 cm³/mol. The summed E-state index contributed by atoms with van der Waals surface area (Å²) in [4.78, 5) is 2.23. The number of aryl methyl sites for hydroxylation is 3. The van der Waals surface area contributed by atoms with E-state index in [1.165, 1.54) is 5.56 Å². The molecule has 1 aromatic carbocycles. The summed E-state index contributed by atoms with van der Waals surface area (Å²) in [6, 6.07) is 4.17. The molecule has 2 heterocycles. The molecular formula is C22H29N3O2. The van der Waals surface area contributed by atoms with E-state index in [0.29, 0.717) is 0 Å². The van der Waals surface area contributed by atoms with Gasteiger partial charge in [0, 0.05) is 30.6 Å². The first-order chi connectivity index (χ1) is 12.8. The molecule has 3 rings (SSSR count). The molecule has 5 nitrogen and oxygen atoms in total. The number of methoxy groups -OCH3 is 1. The molecule has 144 valence electrons. The minimum atomic E-state index is 0.0685. The third-order valence-corrected chi connectivity index (χ3v) is 4.77. The highest BCUT2D eigenvalue weighted by Crippen LogP contribution is 2.44. The van der Waals surface area contributed by atoms with Gasteiger partial charge in [0.05, 0.1) is 30.3 Å². The second kappa shape index (κ2) is 7.51. The Hall–Kier alpha value is -2.69. The Kier molecular flexibility index (Phi) is 5.31. The molecule has 5 heteroatoms. The lowest BCUT2D eigenvalue weighted by Gasteiger charge is -2.35. The van der Waals surface area contributed by atoms with E-state index in [4.69, 9.17) is 9.47 Å². The average molecular weight is 367 g/mol. The summed E-state index contributed by atoms with van der Waals surface area (Å²) < 4.78 is 13.4. The number of fused-ring (bicyclic) bond motifs is 1. The van der Waals surface area contributed by atoms with E-state index in [-0.39, 0.29) is 6.10 Å². The van der Waals surface area contributed by atoms with Crippen LogP contribution in [0.25, 0.3) is 5.70 Å². The van der Waals surface area contributed by atoms with Crippen LogP contribution in [0.3, 0.4) is 0 Å². The highest BCUT2D eigenvalue weighted by Gasteiger charge is 2.27. The van der Waals surface area contributed by atoms with Crippen LogP contribution in [0.4, 0.5) is 5.69 Å².